The molecule has 1 N–H and O–H groups in total. The van der Waals surface area contributed by atoms with Crippen LogP contribution in [0.1, 0.15) is 23.0 Å². The van der Waals surface area contributed by atoms with Crippen molar-refractivity contribution in [2.24, 2.45) is 0 Å². The molecule has 0 spiro atoms. The predicted molar refractivity (Wildman–Crippen MR) is 76.1 cm³/mol. The minimum absolute atomic E-state index is 0.174. The lowest BCUT2D eigenvalue weighted by molar-refractivity contribution is 0.0491. The van der Waals surface area contributed by atoms with E-state index in [4.69, 9.17) is 9.15 Å². The molecule has 2 aromatic carbocycles. The minimum Gasteiger partial charge on any atom is -0.507 e. The normalized spacial score (nSPS) is 11.1. The summed E-state index contributed by atoms with van der Waals surface area (Å²) >= 11 is 0. The van der Waals surface area contributed by atoms with Gasteiger partial charge >= 0.3 is 5.97 Å². The molecule has 4 heteroatoms. The number of hydrogen-bond donors (Lipinski definition) is 1. The highest BCUT2D eigenvalue weighted by molar-refractivity contribution is 6.10. The van der Waals surface area contributed by atoms with Crippen molar-refractivity contribution in [3.8, 4) is 5.75 Å². The Bertz CT molecular complexity index is 814. The van der Waals surface area contributed by atoms with Gasteiger partial charge in [0.25, 0.3) is 0 Å². The fourth-order valence-corrected chi connectivity index (χ4v) is 2.41. The Kier molecular flexibility index (Phi) is 2.86. The third-order valence-electron chi connectivity index (χ3n) is 3.38. The van der Waals surface area contributed by atoms with Crippen molar-refractivity contribution in [2.45, 2.75) is 13.8 Å². The van der Waals surface area contributed by atoms with Gasteiger partial charge in [0.05, 0.1) is 6.61 Å². The Labute approximate surface area is 115 Å². The zero-order valence-electron chi connectivity index (χ0n) is 11.3. The fourth-order valence-electron chi connectivity index (χ4n) is 2.41. The van der Waals surface area contributed by atoms with Gasteiger partial charge in [-0.15, -0.1) is 0 Å². The molecule has 0 saturated heterocycles. The first-order valence-electron chi connectivity index (χ1n) is 6.44. The van der Waals surface area contributed by atoms with E-state index in [1.807, 2.05) is 24.3 Å². The van der Waals surface area contributed by atoms with Crippen LogP contribution in [-0.2, 0) is 4.74 Å². The maximum absolute atomic E-state index is 11.9. The van der Waals surface area contributed by atoms with Crippen LogP contribution >= 0.6 is 0 Å². The van der Waals surface area contributed by atoms with E-state index in [-0.39, 0.29) is 11.5 Å². The largest absolute Gasteiger partial charge is 0.507 e. The maximum Gasteiger partial charge on any atom is 0.374 e. The number of furan rings is 1. The zero-order valence-corrected chi connectivity index (χ0v) is 11.3. The van der Waals surface area contributed by atoms with Crippen molar-refractivity contribution in [3.63, 3.8) is 0 Å². The standard InChI is InChI=1S/C16H14O4/c1-3-19-16(18)14-9(2)12-8-13(17)10-6-4-5-7-11(10)15(12)20-14/h4-8,17H,3H2,1-2H3. The zero-order chi connectivity index (χ0) is 14.3. The Morgan fingerprint density at radius 3 is 2.65 bits per heavy atom. The number of phenols is 1. The third-order valence-corrected chi connectivity index (χ3v) is 3.38. The lowest BCUT2D eigenvalue weighted by atomic mass is 10.0. The molecule has 0 unspecified atom stereocenters. The molecule has 0 fully saturated rings. The van der Waals surface area contributed by atoms with Crippen LogP contribution in [0.3, 0.4) is 0 Å². The van der Waals surface area contributed by atoms with E-state index < -0.39 is 5.97 Å². The van der Waals surface area contributed by atoms with E-state index in [9.17, 15) is 9.90 Å². The number of phenolic OH excluding ortho intramolecular Hbond substituents is 1. The van der Waals surface area contributed by atoms with Crippen molar-refractivity contribution < 1.29 is 19.1 Å². The van der Waals surface area contributed by atoms with E-state index in [0.717, 1.165) is 10.8 Å². The Morgan fingerprint density at radius 1 is 1.25 bits per heavy atom. The summed E-state index contributed by atoms with van der Waals surface area (Å²) in [4.78, 5) is 11.9. The highest BCUT2D eigenvalue weighted by Gasteiger charge is 2.21. The number of ether oxygens (including phenoxy) is 1. The van der Waals surface area contributed by atoms with Gasteiger partial charge in [0.15, 0.2) is 0 Å². The van der Waals surface area contributed by atoms with Gasteiger partial charge in [0, 0.05) is 21.7 Å². The third kappa shape index (κ3) is 1.72. The minimum atomic E-state index is -0.482. The van der Waals surface area contributed by atoms with Gasteiger partial charge in [-0.1, -0.05) is 24.3 Å². The van der Waals surface area contributed by atoms with Crippen LogP contribution in [0.2, 0.25) is 0 Å². The van der Waals surface area contributed by atoms with Gasteiger partial charge in [0.1, 0.15) is 11.3 Å². The molecule has 3 aromatic rings. The summed E-state index contributed by atoms with van der Waals surface area (Å²) in [6, 6.07) is 9.00. The Balaban J connectivity index is 2.36. The van der Waals surface area contributed by atoms with Crippen LogP contribution in [0.15, 0.2) is 34.7 Å². The second kappa shape index (κ2) is 4.56. The second-order valence-corrected chi connectivity index (χ2v) is 4.59. The molecule has 3 rings (SSSR count). The smallest absolute Gasteiger partial charge is 0.374 e. The quantitative estimate of drug-likeness (QED) is 0.720. The van der Waals surface area contributed by atoms with Crippen molar-refractivity contribution in [3.05, 3.63) is 41.7 Å². The molecule has 20 heavy (non-hydrogen) atoms. The molecule has 1 aromatic heterocycles. The summed E-state index contributed by atoms with van der Waals surface area (Å²) in [5.41, 5.74) is 1.28. The van der Waals surface area contributed by atoms with Crippen LogP contribution in [0.5, 0.6) is 5.75 Å². The van der Waals surface area contributed by atoms with Gasteiger partial charge < -0.3 is 14.3 Å². The van der Waals surface area contributed by atoms with Crippen LogP contribution in [-0.4, -0.2) is 17.7 Å². The van der Waals surface area contributed by atoms with Gasteiger partial charge in [0.2, 0.25) is 5.76 Å². The number of hydrogen-bond acceptors (Lipinski definition) is 4. The van der Waals surface area contributed by atoms with E-state index in [1.54, 1.807) is 19.9 Å². The fraction of sp³-hybridized carbons (Fsp3) is 0.188. The van der Waals surface area contributed by atoms with E-state index in [0.29, 0.717) is 23.1 Å². The summed E-state index contributed by atoms with van der Waals surface area (Å²) in [5, 5.41) is 12.3. The summed E-state index contributed by atoms with van der Waals surface area (Å²) in [6.07, 6.45) is 0. The SMILES string of the molecule is CCOC(=O)c1oc2c(cc(O)c3ccccc32)c1C. The lowest BCUT2D eigenvalue weighted by Gasteiger charge is -2.01. The number of esters is 1. The highest BCUT2D eigenvalue weighted by atomic mass is 16.5. The van der Waals surface area contributed by atoms with Gasteiger partial charge in [-0.3, -0.25) is 0 Å². The summed E-state index contributed by atoms with van der Waals surface area (Å²) in [7, 11) is 0. The molecule has 0 aliphatic heterocycles. The van der Waals surface area contributed by atoms with Crippen molar-refractivity contribution in [1.82, 2.24) is 0 Å². The van der Waals surface area contributed by atoms with Crippen LogP contribution in [0, 0.1) is 6.92 Å². The molecule has 0 amide bonds. The summed E-state index contributed by atoms with van der Waals surface area (Å²) in [5.74, 6) is -0.116. The van der Waals surface area contributed by atoms with Gasteiger partial charge in [-0.2, -0.15) is 0 Å². The number of aryl methyl sites for hydroxylation is 1. The van der Waals surface area contributed by atoms with Crippen LogP contribution in [0.4, 0.5) is 0 Å². The summed E-state index contributed by atoms with van der Waals surface area (Å²) in [6.45, 7) is 3.82. The molecule has 0 aliphatic rings. The van der Waals surface area contributed by atoms with Gasteiger partial charge in [-0.05, 0) is 19.9 Å². The van der Waals surface area contributed by atoms with Crippen LogP contribution in [0.25, 0.3) is 21.7 Å². The molecule has 0 aliphatic carbocycles. The Hall–Kier alpha value is -2.49. The molecule has 4 nitrogen and oxygen atoms in total. The topological polar surface area (TPSA) is 59.7 Å². The van der Waals surface area contributed by atoms with Crippen molar-refractivity contribution >= 4 is 27.7 Å². The average Bonchev–Trinajstić information content (AvgIpc) is 2.77. The van der Waals surface area contributed by atoms with Crippen LogP contribution < -0.4 is 0 Å². The molecule has 102 valence electrons. The molecule has 0 radical (unpaired) electrons. The molecule has 0 atom stereocenters. The maximum atomic E-state index is 11.9. The number of fused-ring (bicyclic) bond motifs is 3. The number of carbonyl (C=O) groups excluding carboxylic acids is 1. The summed E-state index contributed by atoms with van der Waals surface area (Å²) < 4.78 is 10.7. The average molecular weight is 270 g/mol. The number of benzene rings is 2. The Morgan fingerprint density at radius 2 is 1.95 bits per heavy atom. The highest BCUT2D eigenvalue weighted by Crippen LogP contribution is 2.36. The molecule has 1 heterocycles. The molecule has 0 bridgehead atoms. The first-order chi connectivity index (χ1) is 9.63. The molecule has 0 saturated carbocycles. The number of rotatable bonds is 2. The van der Waals surface area contributed by atoms with E-state index >= 15 is 0 Å². The predicted octanol–water partition coefficient (Wildman–Crippen LogP) is 3.78. The second-order valence-electron chi connectivity index (χ2n) is 4.59. The molecular weight excluding hydrogens is 256 g/mol. The molecular formula is C16H14O4. The van der Waals surface area contributed by atoms with Crippen molar-refractivity contribution in [1.29, 1.82) is 0 Å². The lowest BCUT2D eigenvalue weighted by Crippen LogP contribution is -2.04. The van der Waals surface area contributed by atoms with Gasteiger partial charge in [-0.25, -0.2) is 4.79 Å². The number of aromatic hydroxyl groups is 1. The number of carbonyl (C=O) groups is 1. The monoisotopic (exact) mass is 270 g/mol. The van der Waals surface area contributed by atoms with E-state index in [2.05, 4.69) is 0 Å². The van der Waals surface area contributed by atoms with Crippen molar-refractivity contribution in [2.75, 3.05) is 6.61 Å². The first-order valence-corrected chi connectivity index (χ1v) is 6.44. The first kappa shape index (κ1) is 12.5. The van der Waals surface area contributed by atoms with E-state index in [1.165, 1.54) is 0 Å².